The van der Waals surface area contributed by atoms with Crippen LogP contribution in [0.3, 0.4) is 0 Å². The number of benzene rings is 1. The molecule has 2 rings (SSSR count). The molecule has 1 aromatic heterocycles. The summed E-state index contributed by atoms with van der Waals surface area (Å²) in [6.07, 6.45) is 4.18. The van der Waals surface area contributed by atoms with Crippen LogP contribution in [0.2, 0.25) is 0 Å². The second-order valence-corrected chi connectivity index (χ2v) is 6.88. The molecule has 0 amide bonds. The highest BCUT2D eigenvalue weighted by molar-refractivity contribution is 7.89. The van der Waals surface area contributed by atoms with Gasteiger partial charge in [-0.05, 0) is 49.1 Å². The van der Waals surface area contributed by atoms with E-state index in [1.807, 2.05) is 20.2 Å². The normalized spacial score (nSPS) is 11.8. The monoisotopic (exact) mass is 308 g/mol. The van der Waals surface area contributed by atoms with Gasteiger partial charge < -0.3 is 5.73 Å². The molecule has 7 heteroatoms. The van der Waals surface area contributed by atoms with Gasteiger partial charge >= 0.3 is 0 Å². The lowest BCUT2D eigenvalue weighted by Crippen LogP contribution is -2.27. The first-order valence-corrected chi connectivity index (χ1v) is 8.12. The number of nitrogens with one attached hydrogen (secondary N) is 1. The Hall–Kier alpha value is -1.86. The fourth-order valence-electron chi connectivity index (χ4n) is 2.14. The van der Waals surface area contributed by atoms with Crippen LogP contribution < -0.4 is 10.5 Å². The fourth-order valence-corrected chi connectivity index (χ4v) is 3.53. The molecule has 0 aliphatic rings. The number of rotatable bonds is 5. The Morgan fingerprint density at radius 1 is 1.33 bits per heavy atom. The van der Waals surface area contributed by atoms with Crippen LogP contribution in [0.4, 0.5) is 5.69 Å². The first-order chi connectivity index (χ1) is 9.79. The van der Waals surface area contributed by atoms with Gasteiger partial charge in [-0.15, -0.1) is 0 Å². The Labute approximate surface area is 125 Å². The smallest absolute Gasteiger partial charge is 0.240 e. The molecule has 21 heavy (non-hydrogen) atoms. The van der Waals surface area contributed by atoms with Crippen molar-refractivity contribution in [1.29, 1.82) is 0 Å². The molecule has 0 radical (unpaired) electrons. The highest BCUT2D eigenvalue weighted by atomic mass is 32.2. The third-order valence-corrected chi connectivity index (χ3v) is 4.89. The van der Waals surface area contributed by atoms with Crippen molar-refractivity contribution >= 4 is 15.7 Å². The highest BCUT2D eigenvalue weighted by Gasteiger charge is 2.18. The average molecular weight is 308 g/mol. The molecule has 1 aromatic carbocycles. The van der Waals surface area contributed by atoms with Crippen molar-refractivity contribution in [3.8, 4) is 0 Å². The minimum Gasteiger partial charge on any atom is -0.398 e. The largest absolute Gasteiger partial charge is 0.398 e. The zero-order chi connectivity index (χ0) is 15.6. The lowest BCUT2D eigenvalue weighted by Gasteiger charge is -2.12. The topological polar surface area (TPSA) is 90.0 Å². The number of hydrogen-bond acceptors (Lipinski definition) is 4. The first-order valence-electron chi connectivity index (χ1n) is 6.63. The summed E-state index contributed by atoms with van der Waals surface area (Å²) in [6, 6.07) is 3.40. The van der Waals surface area contributed by atoms with E-state index in [-0.39, 0.29) is 4.90 Å². The summed E-state index contributed by atoms with van der Waals surface area (Å²) in [5.41, 5.74) is 8.72. The molecule has 114 valence electrons. The van der Waals surface area contributed by atoms with Gasteiger partial charge in [-0.25, -0.2) is 13.1 Å². The number of hydrogen-bond donors (Lipinski definition) is 2. The van der Waals surface area contributed by atoms with Gasteiger partial charge in [0, 0.05) is 25.5 Å². The van der Waals surface area contributed by atoms with Gasteiger partial charge in [0.05, 0.1) is 11.1 Å². The zero-order valence-electron chi connectivity index (χ0n) is 12.4. The second-order valence-electron chi connectivity index (χ2n) is 5.15. The lowest BCUT2D eigenvalue weighted by atomic mass is 10.1. The molecule has 0 fully saturated rings. The number of sulfonamides is 1. The van der Waals surface area contributed by atoms with E-state index < -0.39 is 10.0 Å². The van der Waals surface area contributed by atoms with Gasteiger partial charge in [-0.2, -0.15) is 5.10 Å². The summed E-state index contributed by atoms with van der Waals surface area (Å²) in [4.78, 5) is 0.242. The van der Waals surface area contributed by atoms with E-state index in [1.165, 1.54) is 0 Å². The van der Waals surface area contributed by atoms with Crippen LogP contribution in [-0.4, -0.2) is 24.7 Å². The summed E-state index contributed by atoms with van der Waals surface area (Å²) < 4.78 is 29.0. The van der Waals surface area contributed by atoms with Crippen LogP contribution in [-0.2, 0) is 23.5 Å². The van der Waals surface area contributed by atoms with Crippen LogP contribution in [0.15, 0.2) is 29.4 Å². The molecule has 0 aliphatic heterocycles. The Bertz CT molecular complexity index is 750. The zero-order valence-corrected chi connectivity index (χ0v) is 13.2. The van der Waals surface area contributed by atoms with Gasteiger partial charge in [0.25, 0.3) is 0 Å². The van der Waals surface area contributed by atoms with E-state index in [2.05, 4.69) is 9.82 Å². The molecule has 0 atom stereocenters. The molecule has 6 nitrogen and oxygen atoms in total. The highest BCUT2D eigenvalue weighted by Crippen LogP contribution is 2.22. The maximum absolute atomic E-state index is 12.4. The van der Waals surface area contributed by atoms with Crippen molar-refractivity contribution in [3.63, 3.8) is 0 Å². The predicted molar refractivity (Wildman–Crippen MR) is 82.4 cm³/mol. The summed E-state index contributed by atoms with van der Waals surface area (Å²) in [6.45, 7) is 3.86. The van der Waals surface area contributed by atoms with E-state index in [0.717, 1.165) is 11.1 Å². The maximum atomic E-state index is 12.4. The molecule has 0 unspecified atom stereocenters. The first kappa shape index (κ1) is 15.5. The van der Waals surface area contributed by atoms with Crippen molar-refractivity contribution in [2.24, 2.45) is 7.05 Å². The number of anilines is 1. The van der Waals surface area contributed by atoms with Gasteiger partial charge in [0.15, 0.2) is 0 Å². The van der Waals surface area contributed by atoms with Gasteiger partial charge in [-0.1, -0.05) is 0 Å². The molecule has 3 N–H and O–H groups in total. The van der Waals surface area contributed by atoms with Gasteiger partial charge in [-0.3, -0.25) is 4.68 Å². The van der Waals surface area contributed by atoms with Gasteiger partial charge in [0.1, 0.15) is 0 Å². The molecule has 0 saturated heterocycles. The van der Waals surface area contributed by atoms with E-state index >= 15 is 0 Å². The molecule has 0 bridgehead atoms. The molecule has 0 saturated carbocycles. The van der Waals surface area contributed by atoms with Crippen molar-refractivity contribution in [3.05, 3.63) is 41.2 Å². The quantitative estimate of drug-likeness (QED) is 0.811. The van der Waals surface area contributed by atoms with Crippen molar-refractivity contribution in [2.75, 3.05) is 12.3 Å². The number of nitrogen functional groups attached to an aromatic ring is 1. The Kier molecular flexibility index (Phi) is 4.34. The fraction of sp³-hybridized carbons (Fsp3) is 0.357. The molecule has 0 spiro atoms. The Morgan fingerprint density at radius 2 is 2.05 bits per heavy atom. The van der Waals surface area contributed by atoms with Crippen LogP contribution in [0.25, 0.3) is 0 Å². The number of nitrogens with zero attached hydrogens (tertiary/aromatic N) is 2. The average Bonchev–Trinajstić information content (AvgIpc) is 2.79. The SMILES string of the molecule is Cc1cc(N)c(C)c(S(=O)(=O)NCCc2cnn(C)c2)c1. The molecule has 1 heterocycles. The van der Waals surface area contributed by atoms with E-state index in [9.17, 15) is 8.42 Å². The third kappa shape index (κ3) is 3.62. The second kappa shape index (κ2) is 5.87. The number of nitrogens with two attached hydrogens (primary N) is 1. The molecule has 0 aliphatic carbocycles. The summed E-state index contributed by atoms with van der Waals surface area (Å²) >= 11 is 0. The molecular weight excluding hydrogens is 288 g/mol. The van der Waals surface area contributed by atoms with Crippen LogP contribution in [0.1, 0.15) is 16.7 Å². The van der Waals surface area contributed by atoms with Crippen LogP contribution in [0.5, 0.6) is 0 Å². The minimum atomic E-state index is -3.56. The Balaban J connectivity index is 2.12. The van der Waals surface area contributed by atoms with Crippen molar-refractivity contribution in [1.82, 2.24) is 14.5 Å². The Morgan fingerprint density at radius 3 is 2.67 bits per heavy atom. The van der Waals surface area contributed by atoms with Crippen LogP contribution >= 0.6 is 0 Å². The van der Waals surface area contributed by atoms with Gasteiger partial charge in [0.2, 0.25) is 10.0 Å². The standard InChI is InChI=1S/C14H20N4O2S/c1-10-6-13(15)11(2)14(7-10)21(19,20)17-5-4-12-8-16-18(3)9-12/h6-9,17H,4-5,15H2,1-3H3. The number of aromatic nitrogens is 2. The van der Waals surface area contributed by atoms with E-state index in [0.29, 0.717) is 24.2 Å². The molecule has 2 aromatic rings. The summed E-state index contributed by atoms with van der Waals surface area (Å²) in [7, 11) is -1.73. The van der Waals surface area contributed by atoms with Crippen molar-refractivity contribution in [2.45, 2.75) is 25.2 Å². The summed E-state index contributed by atoms with van der Waals surface area (Å²) in [5, 5.41) is 4.05. The lowest BCUT2D eigenvalue weighted by molar-refractivity contribution is 0.581. The molecular formula is C14H20N4O2S. The van der Waals surface area contributed by atoms with E-state index in [4.69, 9.17) is 5.73 Å². The minimum absolute atomic E-state index is 0.242. The maximum Gasteiger partial charge on any atom is 0.240 e. The third-order valence-electron chi connectivity index (χ3n) is 3.30. The summed E-state index contributed by atoms with van der Waals surface area (Å²) in [5.74, 6) is 0. The van der Waals surface area contributed by atoms with Crippen molar-refractivity contribution < 1.29 is 8.42 Å². The van der Waals surface area contributed by atoms with E-state index in [1.54, 1.807) is 29.9 Å². The van der Waals surface area contributed by atoms with Crippen LogP contribution in [0, 0.1) is 13.8 Å². The predicted octanol–water partition coefficient (Wildman–Crippen LogP) is 1.14. The number of aryl methyl sites for hydroxylation is 2.